The zero-order valence-corrected chi connectivity index (χ0v) is 21.6. The summed E-state index contributed by atoms with van der Waals surface area (Å²) >= 11 is 7.81. The molecule has 0 bridgehead atoms. The molecule has 0 aromatic heterocycles. The molecule has 2 heterocycles. The third-order valence-corrected chi connectivity index (χ3v) is 9.48. The van der Waals surface area contributed by atoms with E-state index in [9.17, 15) is 0 Å². The molecule has 3 aromatic rings. The van der Waals surface area contributed by atoms with Gasteiger partial charge >= 0.3 is 0 Å². The molecule has 3 aromatic carbocycles. The van der Waals surface area contributed by atoms with Crippen LogP contribution in [-0.4, -0.2) is 23.2 Å². The quantitative estimate of drug-likeness (QED) is 0.326. The van der Waals surface area contributed by atoms with Crippen molar-refractivity contribution in [2.45, 2.75) is 16.9 Å². The van der Waals surface area contributed by atoms with E-state index < -0.39 is 0 Å². The molecule has 2 aliphatic rings. The second-order valence-corrected chi connectivity index (χ2v) is 11.5. The summed E-state index contributed by atoms with van der Waals surface area (Å²) in [6.07, 6.45) is 3.51. The van der Waals surface area contributed by atoms with Gasteiger partial charge in [0.25, 0.3) is 0 Å². The van der Waals surface area contributed by atoms with Gasteiger partial charge in [-0.25, -0.2) is 0 Å². The van der Waals surface area contributed by atoms with Crippen LogP contribution in [-0.2, 0) is 4.74 Å². The molecule has 33 heavy (non-hydrogen) atoms. The Morgan fingerprint density at radius 2 is 1.55 bits per heavy atom. The number of allylic oxidation sites excluding steroid dienone is 2. The molecule has 1 fully saturated rings. The van der Waals surface area contributed by atoms with E-state index in [1.807, 2.05) is 35.7 Å². The van der Waals surface area contributed by atoms with Crippen LogP contribution in [0.4, 0.5) is 0 Å². The molecule has 2 aliphatic heterocycles. The number of benzene rings is 3. The van der Waals surface area contributed by atoms with Crippen molar-refractivity contribution in [3.05, 3.63) is 112 Å². The molecule has 0 radical (unpaired) electrons. The minimum absolute atomic E-state index is 0.0759. The van der Waals surface area contributed by atoms with Crippen LogP contribution >= 0.6 is 39.5 Å². The van der Waals surface area contributed by atoms with Gasteiger partial charge in [0.2, 0.25) is 0 Å². The van der Waals surface area contributed by atoms with Crippen LogP contribution in [0.1, 0.15) is 29.0 Å². The van der Waals surface area contributed by atoms with Gasteiger partial charge in [0.15, 0.2) is 0 Å². The van der Waals surface area contributed by atoms with Crippen molar-refractivity contribution in [1.29, 1.82) is 0 Å². The molecular weight excluding hydrogens is 512 g/mol. The highest BCUT2D eigenvalue weighted by Crippen LogP contribution is 2.50. The van der Waals surface area contributed by atoms with Gasteiger partial charge in [-0.3, -0.25) is 0 Å². The molecule has 0 N–H and O–H groups in total. The SMILES string of the molecule is COc1ccc(C2=CC(c3ccccc3Br)C(c3ccccc3)=C(C3SCCCS3)O2)cc1. The van der Waals surface area contributed by atoms with E-state index in [-0.39, 0.29) is 10.5 Å². The van der Waals surface area contributed by atoms with Crippen molar-refractivity contribution in [2.24, 2.45) is 0 Å². The van der Waals surface area contributed by atoms with Crippen LogP contribution in [0.25, 0.3) is 11.3 Å². The topological polar surface area (TPSA) is 18.5 Å². The fourth-order valence-electron chi connectivity index (χ4n) is 4.23. The van der Waals surface area contributed by atoms with E-state index >= 15 is 0 Å². The first kappa shape index (κ1) is 22.7. The summed E-state index contributed by atoms with van der Waals surface area (Å²) in [6.45, 7) is 0. The fraction of sp³-hybridized carbons (Fsp3) is 0.214. The van der Waals surface area contributed by atoms with Crippen LogP contribution in [0.15, 0.2) is 95.2 Å². The number of ether oxygens (including phenoxy) is 2. The lowest BCUT2D eigenvalue weighted by Gasteiger charge is -2.34. The molecule has 168 valence electrons. The van der Waals surface area contributed by atoms with Gasteiger partial charge in [0, 0.05) is 21.5 Å². The number of hydrogen-bond donors (Lipinski definition) is 0. The second kappa shape index (κ2) is 10.5. The van der Waals surface area contributed by atoms with Crippen molar-refractivity contribution in [3.63, 3.8) is 0 Å². The molecule has 5 rings (SSSR count). The maximum absolute atomic E-state index is 6.79. The molecule has 0 aliphatic carbocycles. The minimum atomic E-state index is 0.0759. The Balaban J connectivity index is 1.69. The Hall–Kier alpha value is -2.08. The molecule has 0 saturated carbocycles. The van der Waals surface area contributed by atoms with Crippen molar-refractivity contribution in [2.75, 3.05) is 18.6 Å². The highest BCUT2D eigenvalue weighted by molar-refractivity contribution is 9.10. The molecular formula is C28H25BrO2S2. The van der Waals surface area contributed by atoms with E-state index in [4.69, 9.17) is 9.47 Å². The predicted molar refractivity (Wildman–Crippen MR) is 146 cm³/mol. The molecule has 5 heteroatoms. The van der Waals surface area contributed by atoms with Crippen LogP contribution in [0.3, 0.4) is 0 Å². The highest BCUT2D eigenvalue weighted by Gasteiger charge is 2.34. The van der Waals surface area contributed by atoms with Crippen molar-refractivity contribution in [1.82, 2.24) is 0 Å². The van der Waals surface area contributed by atoms with Crippen molar-refractivity contribution < 1.29 is 9.47 Å². The molecule has 0 spiro atoms. The Bertz CT molecular complexity index is 1170. The van der Waals surface area contributed by atoms with Gasteiger partial charge in [0.05, 0.1) is 7.11 Å². The third-order valence-electron chi connectivity index (χ3n) is 5.86. The lowest BCUT2D eigenvalue weighted by Crippen LogP contribution is -2.19. The highest BCUT2D eigenvalue weighted by atomic mass is 79.9. The average molecular weight is 538 g/mol. The molecule has 2 nitrogen and oxygen atoms in total. The molecule has 1 saturated heterocycles. The average Bonchev–Trinajstić information content (AvgIpc) is 2.89. The van der Waals surface area contributed by atoms with Gasteiger partial charge < -0.3 is 9.47 Å². The Kier molecular flexibility index (Phi) is 7.19. The zero-order chi connectivity index (χ0) is 22.6. The van der Waals surface area contributed by atoms with Gasteiger partial charge in [-0.2, -0.15) is 0 Å². The second-order valence-electron chi connectivity index (χ2n) is 7.93. The van der Waals surface area contributed by atoms with E-state index in [1.54, 1.807) is 7.11 Å². The summed E-state index contributed by atoms with van der Waals surface area (Å²) in [6, 6.07) is 27.4. The fourth-order valence-corrected chi connectivity index (χ4v) is 7.61. The summed E-state index contributed by atoms with van der Waals surface area (Å²) < 4.78 is 13.5. The lowest BCUT2D eigenvalue weighted by molar-refractivity contribution is 0.375. The largest absolute Gasteiger partial charge is 0.497 e. The van der Waals surface area contributed by atoms with Crippen molar-refractivity contribution >= 4 is 50.8 Å². The Morgan fingerprint density at radius 3 is 2.24 bits per heavy atom. The maximum atomic E-state index is 6.79. The first-order valence-electron chi connectivity index (χ1n) is 11.1. The monoisotopic (exact) mass is 536 g/mol. The van der Waals surface area contributed by atoms with Gasteiger partial charge in [-0.15, -0.1) is 23.5 Å². The van der Waals surface area contributed by atoms with E-state index in [2.05, 4.69) is 88.7 Å². The lowest BCUT2D eigenvalue weighted by atomic mass is 9.83. The molecule has 0 amide bonds. The van der Waals surface area contributed by atoms with E-state index in [0.29, 0.717) is 0 Å². The third kappa shape index (κ3) is 4.91. The molecule has 1 unspecified atom stereocenters. The number of methoxy groups -OCH3 is 1. The summed E-state index contributed by atoms with van der Waals surface area (Å²) in [5, 5.41) is 0. The van der Waals surface area contributed by atoms with Crippen LogP contribution in [0, 0.1) is 0 Å². The van der Waals surface area contributed by atoms with E-state index in [0.717, 1.165) is 38.8 Å². The Labute approximate surface area is 212 Å². The van der Waals surface area contributed by atoms with Crippen LogP contribution in [0.5, 0.6) is 5.75 Å². The first-order chi connectivity index (χ1) is 16.2. The van der Waals surface area contributed by atoms with Crippen LogP contribution in [0.2, 0.25) is 0 Å². The Morgan fingerprint density at radius 1 is 0.848 bits per heavy atom. The standard InChI is InChI=1S/C28H25BrO2S2/c1-30-21-14-12-19(13-15-21)25-18-23(22-10-5-6-11-24(22)29)26(20-8-3-2-4-9-20)27(31-25)28-32-16-7-17-33-28/h2-6,8-15,18,23,28H,7,16-17H2,1H3. The van der Waals surface area contributed by atoms with Gasteiger partial charge in [-0.1, -0.05) is 64.5 Å². The summed E-state index contributed by atoms with van der Waals surface area (Å²) in [4.78, 5) is 0. The zero-order valence-electron chi connectivity index (χ0n) is 18.4. The number of rotatable bonds is 5. The van der Waals surface area contributed by atoms with E-state index in [1.165, 1.54) is 23.1 Å². The smallest absolute Gasteiger partial charge is 0.132 e. The number of thioether (sulfide) groups is 2. The maximum Gasteiger partial charge on any atom is 0.132 e. The predicted octanol–water partition coefficient (Wildman–Crippen LogP) is 8.22. The van der Waals surface area contributed by atoms with Gasteiger partial charge in [0.1, 0.15) is 21.8 Å². The minimum Gasteiger partial charge on any atom is -0.497 e. The summed E-state index contributed by atoms with van der Waals surface area (Å²) in [5.41, 5.74) is 4.77. The van der Waals surface area contributed by atoms with Crippen LogP contribution < -0.4 is 4.74 Å². The van der Waals surface area contributed by atoms with Gasteiger partial charge in [-0.05, 0) is 65.5 Å². The summed E-state index contributed by atoms with van der Waals surface area (Å²) in [5.74, 6) is 5.22. The van der Waals surface area contributed by atoms with Crippen molar-refractivity contribution in [3.8, 4) is 5.75 Å². The molecule has 1 atom stereocenters. The first-order valence-corrected chi connectivity index (χ1v) is 13.9. The summed E-state index contributed by atoms with van der Waals surface area (Å²) in [7, 11) is 1.69. The number of halogens is 1. The number of hydrogen-bond acceptors (Lipinski definition) is 4. The normalized spacial score (nSPS) is 19.1.